The summed E-state index contributed by atoms with van der Waals surface area (Å²) < 4.78 is 0. The van der Waals surface area contributed by atoms with Crippen LogP contribution in [0.2, 0.25) is 0 Å². The average Bonchev–Trinajstić information content (AvgIpc) is 2.33. The average molecular weight is 267 g/mol. The van der Waals surface area contributed by atoms with Crippen molar-refractivity contribution in [3.8, 4) is 0 Å². The molecule has 0 N–H and O–H groups in total. The summed E-state index contributed by atoms with van der Waals surface area (Å²) >= 11 is 6.56. The first-order chi connectivity index (χ1) is 8.54. The largest absolute Gasteiger partial charge is 0.120 e. The van der Waals surface area contributed by atoms with Crippen molar-refractivity contribution in [1.29, 1.82) is 0 Å². The van der Waals surface area contributed by atoms with E-state index >= 15 is 0 Å². The van der Waals surface area contributed by atoms with Crippen LogP contribution in [0.4, 0.5) is 0 Å². The summed E-state index contributed by atoms with van der Waals surface area (Å²) in [7, 11) is 0. The van der Waals surface area contributed by atoms with Gasteiger partial charge in [0.05, 0.1) is 0 Å². The lowest BCUT2D eigenvalue weighted by Crippen LogP contribution is -2.26. The molecule has 0 amide bonds. The molecule has 102 valence electrons. The Morgan fingerprint density at radius 2 is 1.72 bits per heavy atom. The molecule has 0 saturated heterocycles. The molecule has 18 heavy (non-hydrogen) atoms. The van der Waals surface area contributed by atoms with Gasteiger partial charge in [0, 0.05) is 4.87 Å². The quantitative estimate of drug-likeness (QED) is 0.410. The summed E-state index contributed by atoms with van der Waals surface area (Å²) in [5, 5.41) is 0. The highest BCUT2D eigenvalue weighted by atomic mass is 35.5. The predicted octanol–water partition coefficient (Wildman–Crippen LogP) is 5.83. The highest BCUT2D eigenvalue weighted by Gasteiger charge is 2.26. The molecule has 0 radical (unpaired) electrons. The van der Waals surface area contributed by atoms with Crippen LogP contribution in [0.25, 0.3) is 0 Å². The van der Waals surface area contributed by atoms with Crippen LogP contribution in [-0.2, 0) is 6.42 Å². The zero-order chi connectivity index (χ0) is 13.4. The minimum absolute atomic E-state index is 0.109. The molecular weight excluding hydrogens is 240 g/mol. The second-order valence-corrected chi connectivity index (χ2v) is 6.77. The molecule has 1 heteroatoms. The van der Waals surface area contributed by atoms with E-state index in [1.165, 1.54) is 37.7 Å². The summed E-state index contributed by atoms with van der Waals surface area (Å²) in [4.78, 5) is -0.109. The van der Waals surface area contributed by atoms with Crippen molar-refractivity contribution in [2.24, 2.45) is 5.92 Å². The van der Waals surface area contributed by atoms with Crippen molar-refractivity contribution in [2.75, 3.05) is 0 Å². The Morgan fingerprint density at radius 3 is 2.28 bits per heavy atom. The molecule has 1 atom stereocenters. The minimum atomic E-state index is -0.109. The summed E-state index contributed by atoms with van der Waals surface area (Å²) in [5.74, 6) is 0.568. The maximum atomic E-state index is 6.56. The third-order valence-electron chi connectivity index (χ3n) is 3.70. The number of halogens is 1. The van der Waals surface area contributed by atoms with Crippen LogP contribution in [0.1, 0.15) is 58.4 Å². The van der Waals surface area contributed by atoms with Crippen LogP contribution < -0.4 is 0 Å². The topological polar surface area (TPSA) is 0 Å². The van der Waals surface area contributed by atoms with Gasteiger partial charge in [0.15, 0.2) is 0 Å². The van der Waals surface area contributed by atoms with Gasteiger partial charge in [0.25, 0.3) is 0 Å². The maximum absolute atomic E-state index is 6.56. The third-order valence-corrected chi connectivity index (χ3v) is 4.01. The molecule has 0 bridgehead atoms. The van der Waals surface area contributed by atoms with Gasteiger partial charge in [-0.15, -0.1) is 11.6 Å². The molecule has 1 rings (SSSR count). The molecule has 0 heterocycles. The summed E-state index contributed by atoms with van der Waals surface area (Å²) in [5.41, 5.74) is 1.41. The standard InChI is InChI=1S/C17H27Cl/c1-4-5-6-10-13-16(17(2,3)18)14-15-11-8-7-9-12-15/h7-9,11-12,16H,4-6,10,13-14H2,1-3H3. The first-order valence-corrected chi connectivity index (χ1v) is 7.64. The van der Waals surface area contributed by atoms with Crippen molar-refractivity contribution in [2.45, 2.75) is 64.2 Å². The number of hydrogen-bond acceptors (Lipinski definition) is 0. The fourth-order valence-electron chi connectivity index (χ4n) is 2.40. The highest BCUT2D eigenvalue weighted by Crippen LogP contribution is 2.32. The van der Waals surface area contributed by atoms with Crippen LogP contribution >= 0.6 is 11.6 Å². The van der Waals surface area contributed by atoms with Crippen molar-refractivity contribution in [1.82, 2.24) is 0 Å². The monoisotopic (exact) mass is 266 g/mol. The lowest BCUT2D eigenvalue weighted by molar-refractivity contribution is 0.369. The van der Waals surface area contributed by atoms with Crippen molar-refractivity contribution < 1.29 is 0 Å². The van der Waals surface area contributed by atoms with E-state index in [1.807, 2.05) is 0 Å². The van der Waals surface area contributed by atoms with Crippen LogP contribution in [0.3, 0.4) is 0 Å². The Kier molecular flexibility index (Phi) is 6.78. The lowest BCUT2D eigenvalue weighted by atomic mass is 9.84. The van der Waals surface area contributed by atoms with Crippen molar-refractivity contribution in [3.63, 3.8) is 0 Å². The summed E-state index contributed by atoms with van der Waals surface area (Å²) in [6, 6.07) is 10.7. The van der Waals surface area contributed by atoms with Gasteiger partial charge in [-0.2, -0.15) is 0 Å². The zero-order valence-corrected chi connectivity index (χ0v) is 12.8. The maximum Gasteiger partial charge on any atom is 0.0421 e. The van der Waals surface area contributed by atoms with E-state index in [9.17, 15) is 0 Å². The Balaban J connectivity index is 2.51. The van der Waals surface area contributed by atoms with E-state index in [1.54, 1.807) is 0 Å². The van der Waals surface area contributed by atoms with Crippen LogP contribution in [0, 0.1) is 5.92 Å². The second kappa shape index (κ2) is 7.84. The van der Waals surface area contributed by atoms with E-state index < -0.39 is 0 Å². The van der Waals surface area contributed by atoms with Gasteiger partial charge in [0.1, 0.15) is 0 Å². The Hall–Kier alpha value is -0.490. The minimum Gasteiger partial charge on any atom is -0.120 e. The molecule has 1 unspecified atom stereocenters. The highest BCUT2D eigenvalue weighted by molar-refractivity contribution is 6.23. The first kappa shape index (κ1) is 15.6. The molecule has 1 aromatic carbocycles. The third kappa shape index (κ3) is 5.91. The van der Waals surface area contributed by atoms with E-state index in [4.69, 9.17) is 11.6 Å². The van der Waals surface area contributed by atoms with Crippen LogP contribution in [0.5, 0.6) is 0 Å². The van der Waals surface area contributed by atoms with Gasteiger partial charge in [-0.05, 0) is 38.2 Å². The van der Waals surface area contributed by atoms with Gasteiger partial charge in [-0.1, -0.05) is 62.9 Å². The molecule has 0 fully saturated rings. The molecular formula is C17H27Cl. The number of alkyl halides is 1. The van der Waals surface area contributed by atoms with E-state index in [0.29, 0.717) is 5.92 Å². The van der Waals surface area contributed by atoms with E-state index in [0.717, 1.165) is 6.42 Å². The van der Waals surface area contributed by atoms with Gasteiger partial charge >= 0.3 is 0 Å². The fraction of sp³-hybridized carbons (Fsp3) is 0.647. The van der Waals surface area contributed by atoms with Crippen molar-refractivity contribution in [3.05, 3.63) is 35.9 Å². The number of unbranched alkanes of at least 4 members (excludes halogenated alkanes) is 3. The summed E-state index contributed by atoms with van der Waals surface area (Å²) in [6.45, 7) is 6.57. The SMILES string of the molecule is CCCCCCC(Cc1ccccc1)C(C)(C)Cl. The van der Waals surface area contributed by atoms with Gasteiger partial charge in [-0.3, -0.25) is 0 Å². The molecule has 0 aliphatic heterocycles. The molecule has 0 saturated carbocycles. The van der Waals surface area contributed by atoms with E-state index in [-0.39, 0.29) is 4.87 Å². The molecule has 0 aliphatic carbocycles. The number of hydrogen-bond donors (Lipinski definition) is 0. The van der Waals surface area contributed by atoms with Crippen LogP contribution in [0.15, 0.2) is 30.3 Å². The molecule has 0 spiro atoms. The summed E-state index contributed by atoms with van der Waals surface area (Å²) in [6.07, 6.45) is 7.64. The van der Waals surface area contributed by atoms with E-state index in [2.05, 4.69) is 51.1 Å². The van der Waals surface area contributed by atoms with Gasteiger partial charge < -0.3 is 0 Å². The molecule has 0 aliphatic rings. The van der Waals surface area contributed by atoms with Gasteiger partial charge in [-0.25, -0.2) is 0 Å². The normalized spacial score (nSPS) is 13.6. The first-order valence-electron chi connectivity index (χ1n) is 7.27. The molecule has 1 aromatic rings. The number of benzene rings is 1. The van der Waals surface area contributed by atoms with Crippen LogP contribution in [-0.4, -0.2) is 4.87 Å². The Labute approximate surface area is 118 Å². The molecule has 0 aromatic heterocycles. The Morgan fingerprint density at radius 1 is 1.06 bits per heavy atom. The fourth-order valence-corrected chi connectivity index (χ4v) is 2.59. The van der Waals surface area contributed by atoms with Crippen molar-refractivity contribution >= 4 is 11.6 Å². The smallest absolute Gasteiger partial charge is 0.0421 e. The molecule has 0 nitrogen and oxygen atoms in total. The Bertz CT molecular complexity index is 310. The number of rotatable bonds is 8. The van der Waals surface area contributed by atoms with Gasteiger partial charge in [0.2, 0.25) is 0 Å². The zero-order valence-electron chi connectivity index (χ0n) is 12.1. The predicted molar refractivity (Wildman–Crippen MR) is 82.3 cm³/mol. The lowest BCUT2D eigenvalue weighted by Gasteiger charge is -2.29. The second-order valence-electron chi connectivity index (χ2n) is 5.80.